The fourth-order valence-corrected chi connectivity index (χ4v) is 4.04. The van der Waals surface area contributed by atoms with Gasteiger partial charge in [-0.05, 0) is 11.1 Å². The Morgan fingerprint density at radius 1 is 1.07 bits per heavy atom. The minimum Gasteiger partial charge on any atom is -0.468 e. The Bertz CT molecular complexity index is 756. The van der Waals surface area contributed by atoms with Crippen molar-refractivity contribution in [3.05, 3.63) is 71.8 Å². The third-order valence-electron chi connectivity index (χ3n) is 4.86. The van der Waals surface area contributed by atoms with Crippen LogP contribution in [0, 0.1) is 5.92 Å². The van der Waals surface area contributed by atoms with Gasteiger partial charge in [0.1, 0.15) is 10.9 Å². The maximum atomic E-state index is 12.1. The second-order valence-electron chi connectivity index (χ2n) is 6.82. The van der Waals surface area contributed by atoms with E-state index in [2.05, 4.69) is 15.9 Å². The van der Waals surface area contributed by atoms with Crippen LogP contribution in [0.3, 0.4) is 0 Å². The zero-order valence-corrected chi connectivity index (χ0v) is 17.7. The molecule has 29 heavy (non-hydrogen) atoms. The molecule has 1 heterocycles. The normalized spacial score (nSPS) is 25.3. The minimum atomic E-state index is -1.18. The molecule has 3 rings (SSSR count). The summed E-state index contributed by atoms with van der Waals surface area (Å²) in [6.07, 6.45) is -2.22. The summed E-state index contributed by atoms with van der Waals surface area (Å²) in [5.41, 5.74) is 2.00. The van der Waals surface area contributed by atoms with Crippen molar-refractivity contribution in [3.63, 3.8) is 0 Å². The summed E-state index contributed by atoms with van der Waals surface area (Å²) in [7, 11) is 1.30. The van der Waals surface area contributed by atoms with E-state index in [0.29, 0.717) is 13.2 Å². The van der Waals surface area contributed by atoms with Gasteiger partial charge in [-0.3, -0.25) is 4.79 Å². The zero-order valence-electron chi connectivity index (χ0n) is 16.1. The Labute approximate surface area is 178 Å². The van der Waals surface area contributed by atoms with Crippen molar-refractivity contribution in [1.82, 2.24) is 0 Å². The maximum Gasteiger partial charge on any atom is 0.320 e. The summed E-state index contributed by atoms with van der Waals surface area (Å²) in [5.74, 6) is -1.20. The first-order chi connectivity index (χ1) is 14.1. The number of aliphatic hydroxyl groups is 1. The van der Waals surface area contributed by atoms with Crippen molar-refractivity contribution in [2.45, 2.75) is 36.5 Å². The highest BCUT2D eigenvalue weighted by atomic mass is 79.9. The third-order valence-corrected chi connectivity index (χ3v) is 5.85. The van der Waals surface area contributed by atoms with Crippen molar-refractivity contribution in [1.29, 1.82) is 0 Å². The molecule has 0 spiro atoms. The van der Waals surface area contributed by atoms with E-state index in [4.69, 9.17) is 18.9 Å². The number of hydrogen-bond acceptors (Lipinski definition) is 6. The Morgan fingerprint density at radius 2 is 1.62 bits per heavy atom. The molecule has 2 aromatic carbocycles. The van der Waals surface area contributed by atoms with E-state index in [9.17, 15) is 9.90 Å². The van der Waals surface area contributed by atoms with E-state index in [1.54, 1.807) is 0 Å². The molecule has 1 unspecified atom stereocenters. The van der Waals surface area contributed by atoms with Crippen LogP contribution >= 0.6 is 15.9 Å². The number of methoxy groups -OCH3 is 1. The number of ether oxygens (including phenoxy) is 4. The number of carbonyl (C=O) groups excluding carboxylic acids is 1. The van der Waals surface area contributed by atoms with Crippen LogP contribution in [0.4, 0.5) is 0 Å². The van der Waals surface area contributed by atoms with Crippen LogP contribution in [0.15, 0.2) is 60.7 Å². The van der Waals surface area contributed by atoms with E-state index in [1.165, 1.54) is 7.11 Å². The highest BCUT2D eigenvalue weighted by Gasteiger charge is 2.47. The van der Waals surface area contributed by atoms with Gasteiger partial charge < -0.3 is 24.1 Å². The van der Waals surface area contributed by atoms with E-state index >= 15 is 0 Å². The van der Waals surface area contributed by atoms with Crippen molar-refractivity contribution in [3.8, 4) is 0 Å². The quantitative estimate of drug-likeness (QED) is 0.477. The molecule has 0 aliphatic carbocycles. The average Bonchev–Trinajstić information content (AvgIpc) is 2.77. The van der Waals surface area contributed by atoms with Gasteiger partial charge in [0.2, 0.25) is 0 Å². The molecule has 1 N–H and O–H groups in total. The molecule has 1 fully saturated rings. The summed E-state index contributed by atoms with van der Waals surface area (Å²) in [4.78, 5) is 11.3. The molecule has 2 aromatic rings. The molecule has 6 nitrogen and oxygen atoms in total. The lowest BCUT2D eigenvalue weighted by molar-refractivity contribution is -0.254. The van der Waals surface area contributed by atoms with Gasteiger partial charge in [0.25, 0.3) is 0 Å². The number of aliphatic hydroxyl groups excluding tert-OH is 1. The van der Waals surface area contributed by atoms with Gasteiger partial charge in [-0.2, -0.15) is 0 Å². The minimum absolute atomic E-state index is 0.158. The molecule has 1 aliphatic rings. The molecule has 0 amide bonds. The monoisotopic (exact) mass is 464 g/mol. The second-order valence-corrected chi connectivity index (χ2v) is 7.81. The van der Waals surface area contributed by atoms with Crippen molar-refractivity contribution in [2.75, 3.05) is 13.7 Å². The Kier molecular flexibility index (Phi) is 8.20. The van der Waals surface area contributed by atoms with Gasteiger partial charge in [0.05, 0.1) is 39.0 Å². The van der Waals surface area contributed by atoms with Crippen LogP contribution in [-0.2, 0) is 37.0 Å². The Hall–Kier alpha value is -1.77. The number of alkyl halides is 1. The van der Waals surface area contributed by atoms with Crippen LogP contribution in [-0.4, -0.2) is 48.1 Å². The fourth-order valence-electron chi connectivity index (χ4n) is 3.30. The third kappa shape index (κ3) is 5.87. The topological polar surface area (TPSA) is 74.2 Å². The number of hydrogen-bond donors (Lipinski definition) is 1. The number of carbonyl (C=O) groups is 1. The van der Waals surface area contributed by atoms with E-state index in [-0.39, 0.29) is 6.61 Å². The summed E-state index contributed by atoms with van der Waals surface area (Å²) in [6.45, 7) is 0.847. The van der Waals surface area contributed by atoms with Gasteiger partial charge in [-0.25, -0.2) is 0 Å². The second kappa shape index (κ2) is 10.8. The standard InChI is InChI=1S/C22H25BrO6/c1-26-22(25)19(23)18-20(28-13-16-10-6-3-7-11-16)17(14-29-21(18)24)27-12-15-8-4-2-5-9-15/h2-11,17-21,24H,12-14H2,1H3/t17-,18-,19+,20+,21?/m1/s1. The lowest BCUT2D eigenvalue weighted by Gasteiger charge is -2.41. The predicted octanol–water partition coefficient (Wildman–Crippen LogP) is 3.06. The lowest BCUT2D eigenvalue weighted by atomic mass is 9.91. The predicted molar refractivity (Wildman–Crippen MR) is 110 cm³/mol. The number of esters is 1. The van der Waals surface area contributed by atoms with Crippen molar-refractivity contribution in [2.24, 2.45) is 5.92 Å². The van der Waals surface area contributed by atoms with Crippen LogP contribution in [0.1, 0.15) is 11.1 Å². The van der Waals surface area contributed by atoms with E-state index in [1.807, 2.05) is 60.7 Å². The van der Waals surface area contributed by atoms with Crippen LogP contribution in [0.5, 0.6) is 0 Å². The van der Waals surface area contributed by atoms with Gasteiger partial charge in [0, 0.05) is 0 Å². The van der Waals surface area contributed by atoms with Crippen LogP contribution < -0.4 is 0 Å². The maximum absolute atomic E-state index is 12.1. The Morgan fingerprint density at radius 3 is 2.17 bits per heavy atom. The molecule has 156 valence electrons. The van der Waals surface area contributed by atoms with Crippen LogP contribution in [0.2, 0.25) is 0 Å². The molecular weight excluding hydrogens is 440 g/mol. The SMILES string of the molecule is COC(=O)[C@@H](Br)[C@H]1C(O)OC[C@@H](OCc2ccccc2)[C@@H]1OCc1ccccc1. The summed E-state index contributed by atoms with van der Waals surface area (Å²) in [5, 5.41) is 10.5. The summed E-state index contributed by atoms with van der Waals surface area (Å²) >= 11 is 3.35. The molecule has 7 heteroatoms. The van der Waals surface area contributed by atoms with Crippen LogP contribution in [0.25, 0.3) is 0 Å². The van der Waals surface area contributed by atoms with Gasteiger partial charge in [-0.15, -0.1) is 0 Å². The number of halogens is 1. The lowest BCUT2D eigenvalue weighted by Crippen LogP contribution is -2.55. The van der Waals surface area contributed by atoms with Gasteiger partial charge in [0.15, 0.2) is 6.29 Å². The van der Waals surface area contributed by atoms with Crippen molar-refractivity contribution < 1.29 is 28.8 Å². The zero-order chi connectivity index (χ0) is 20.6. The fraction of sp³-hybridized carbons (Fsp3) is 0.409. The molecular formula is C22H25BrO6. The van der Waals surface area contributed by atoms with Crippen molar-refractivity contribution >= 4 is 21.9 Å². The first-order valence-electron chi connectivity index (χ1n) is 9.42. The average molecular weight is 465 g/mol. The summed E-state index contributed by atoms with van der Waals surface area (Å²) in [6, 6.07) is 19.5. The van der Waals surface area contributed by atoms with Gasteiger partial charge in [-0.1, -0.05) is 76.6 Å². The summed E-state index contributed by atoms with van der Waals surface area (Å²) < 4.78 is 22.6. The first-order valence-corrected chi connectivity index (χ1v) is 10.3. The largest absolute Gasteiger partial charge is 0.468 e. The first kappa shape index (κ1) is 21.9. The molecule has 0 radical (unpaired) electrons. The van der Waals surface area contributed by atoms with E-state index < -0.39 is 35.2 Å². The number of rotatable bonds is 8. The molecule has 5 atom stereocenters. The molecule has 1 aliphatic heterocycles. The molecule has 0 aromatic heterocycles. The number of benzene rings is 2. The highest BCUT2D eigenvalue weighted by molar-refractivity contribution is 9.10. The smallest absolute Gasteiger partial charge is 0.320 e. The molecule has 1 saturated heterocycles. The van der Waals surface area contributed by atoms with Gasteiger partial charge >= 0.3 is 5.97 Å². The molecule has 0 saturated carbocycles. The van der Waals surface area contributed by atoms with E-state index in [0.717, 1.165) is 11.1 Å². The molecule has 0 bridgehead atoms. The Balaban J connectivity index is 1.77. The highest BCUT2D eigenvalue weighted by Crippen LogP contribution is 2.33.